The van der Waals surface area contributed by atoms with Gasteiger partial charge in [0.1, 0.15) is 5.60 Å². The standard InChI is InChI=1S/C12H19NO3/c1-12(2,3)16-11(15)13-7-6-8-4-5-9(14)10(8)13/h8,10H,4-7H2,1-3H3/t8-,10+/m0/s1. The van der Waals surface area contributed by atoms with E-state index in [-0.39, 0.29) is 17.9 Å². The molecule has 0 aromatic rings. The van der Waals surface area contributed by atoms with Crippen LogP contribution in [-0.4, -0.2) is 35.0 Å². The smallest absolute Gasteiger partial charge is 0.410 e. The van der Waals surface area contributed by atoms with E-state index >= 15 is 0 Å². The first kappa shape index (κ1) is 11.4. The summed E-state index contributed by atoms with van der Waals surface area (Å²) < 4.78 is 5.31. The van der Waals surface area contributed by atoms with Crippen molar-refractivity contribution in [3.8, 4) is 0 Å². The van der Waals surface area contributed by atoms with Crippen LogP contribution in [0.4, 0.5) is 4.79 Å². The molecule has 1 aliphatic carbocycles. The maximum absolute atomic E-state index is 11.9. The molecular formula is C12H19NO3. The van der Waals surface area contributed by atoms with E-state index in [9.17, 15) is 9.59 Å². The Labute approximate surface area is 95.9 Å². The third-order valence-electron chi connectivity index (χ3n) is 3.24. The molecule has 2 aliphatic rings. The van der Waals surface area contributed by atoms with E-state index in [2.05, 4.69) is 0 Å². The second-order valence-electron chi connectivity index (χ2n) is 5.67. The highest BCUT2D eigenvalue weighted by Gasteiger charge is 2.46. The average Bonchev–Trinajstić information content (AvgIpc) is 2.66. The van der Waals surface area contributed by atoms with E-state index in [0.717, 1.165) is 12.8 Å². The molecule has 16 heavy (non-hydrogen) atoms. The molecule has 1 heterocycles. The van der Waals surface area contributed by atoms with Crippen LogP contribution in [0.15, 0.2) is 0 Å². The number of carbonyl (C=O) groups is 2. The van der Waals surface area contributed by atoms with Crippen molar-refractivity contribution in [1.82, 2.24) is 4.90 Å². The van der Waals surface area contributed by atoms with Crippen molar-refractivity contribution in [3.05, 3.63) is 0 Å². The lowest BCUT2D eigenvalue weighted by Gasteiger charge is -2.27. The predicted molar refractivity (Wildman–Crippen MR) is 59.1 cm³/mol. The van der Waals surface area contributed by atoms with Gasteiger partial charge in [-0.25, -0.2) is 4.79 Å². The summed E-state index contributed by atoms with van der Waals surface area (Å²) in [7, 11) is 0. The van der Waals surface area contributed by atoms with E-state index in [1.807, 2.05) is 20.8 Å². The van der Waals surface area contributed by atoms with Gasteiger partial charge in [0.15, 0.2) is 5.78 Å². The van der Waals surface area contributed by atoms with Gasteiger partial charge < -0.3 is 4.74 Å². The fourth-order valence-electron chi connectivity index (χ4n) is 2.60. The number of rotatable bonds is 0. The molecular weight excluding hydrogens is 206 g/mol. The van der Waals surface area contributed by atoms with Gasteiger partial charge in [0, 0.05) is 13.0 Å². The molecule has 4 heteroatoms. The maximum Gasteiger partial charge on any atom is 0.410 e. The minimum Gasteiger partial charge on any atom is -0.444 e. The van der Waals surface area contributed by atoms with Crippen LogP contribution in [0.2, 0.25) is 0 Å². The zero-order valence-corrected chi connectivity index (χ0v) is 10.2. The van der Waals surface area contributed by atoms with Gasteiger partial charge in [-0.3, -0.25) is 9.69 Å². The number of hydrogen-bond donors (Lipinski definition) is 0. The molecule has 0 radical (unpaired) electrons. The Morgan fingerprint density at radius 2 is 2.06 bits per heavy atom. The Hall–Kier alpha value is -1.06. The van der Waals surface area contributed by atoms with E-state index in [0.29, 0.717) is 18.9 Å². The predicted octanol–water partition coefficient (Wildman–Crippen LogP) is 1.97. The number of carbonyl (C=O) groups excluding carboxylic acids is 2. The molecule has 2 atom stereocenters. The van der Waals surface area contributed by atoms with Crippen molar-refractivity contribution in [2.45, 2.75) is 51.7 Å². The lowest BCUT2D eigenvalue weighted by atomic mass is 10.0. The van der Waals surface area contributed by atoms with E-state index in [1.165, 1.54) is 0 Å². The number of ketones is 1. The van der Waals surface area contributed by atoms with Crippen molar-refractivity contribution < 1.29 is 14.3 Å². The highest BCUT2D eigenvalue weighted by atomic mass is 16.6. The van der Waals surface area contributed by atoms with Crippen molar-refractivity contribution >= 4 is 11.9 Å². The molecule has 0 aromatic heterocycles. The van der Waals surface area contributed by atoms with Crippen LogP contribution in [0.5, 0.6) is 0 Å². The van der Waals surface area contributed by atoms with Crippen LogP contribution in [0.1, 0.15) is 40.0 Å². The van der Waals surface area contributed by atoms with Crippen LogP contribution in [-0.2, 0) is 9.53 Å². The first-order valence-electron chi connectivity index (χ1n) is 5.91. The molecule has 1 aliphatic heterocycles. The van der Waals surface area contributed by atoms with Crippen molar-refractivity contribution in [1.29, 1.82) is 0 Å². The Balaban J connectivity index is 2.05. The van der Waals surface area contributed by atoms with Gasteiger partial charge in [0.05, 0.1) is 6.04 Å². The summed E-state index contributed by atoms with van der Waals surface area (Å²) >= 11 is 0. The monoisotopic (exact) mass is 225 g/mol. The summed E-state index contributed by atoms with van der Waals surface area (Å²) in [4.78, 5) is 25.2. The molecule has 0 bridgehead atoms. The molecule has 0 N–H and O–H groups in total. The Morgan fingerprint density at radius 1 is 1.38 bits per heavy atom. The number of Topliss-reactive ketones (excluding diaryl/α,β-unsaturated/α-hetero) is 1. The van der Waals surface area contributed by atoms with Gasteiger partial charge in [-0.2, -0.15) is 0 Å². The zero-order valence-electron chi connectivity index (χ0n) is 10.2. The molecule has 1 amide bonds. The quantitative estimate of drug-likeness (QED) is 0.633. The topological polar surface area (TPSA) is 46.6 Å². The lowest BCUT2D eigenvalue weighted by Crippen LogP contribution is -2.43. The molecule has 1 saturated heterocycles. The van der Waals surface area contributed by atoms with Crippen LogP contribution in [0.3, 0.4) is 0 Å². The van der Waals surface area contributed by atoms with E-state index < -0.39 is 5.60 Å². The van der Waals surface area contributed by atoms with Gasteiger partial charge in [-0.05, 0) is 39.5 Å². The molecule has 2 fully saturated rings. The Bertz CT molecular complexity index is 319. The van der Waals surface area contributed by atoms with Gasteiger partial charge in [0.2, 0.25) is 0 Å². The summed E-state index contributed by atoms with van der Waals surface area (Å²) in [6.07, 6.45) is 2.16. The molecule has 2 rings (SSSR count). The summed E-state index contributed by atoms with van der Waals surface area (Å²) in [6, 6.07) is -0.199. The van der Waals surface area contributed by atoms with Crippen molar-refractivity contribution in [3.63, 3.8) is 0 Å². The van der Waals surface area contributed by atoms with Crippen LogP contribution in [0.25, 0.3) is 0 Å². The van der Waals surface area contributed by atoms with Crippen molar-refractivity contribution in [2.75, 3.05) is 6.54 Å². The Kier molecular flexibility index (Phi) is 2.68. The number of amides is 1. The summed E-state index contributed by atoms with van der Waals surface area (Å²) in [5.74, 6) is 0.577. The second kappa shape index (κ2) is 3.75. The fourth-order valence-corrected chi connectivity index (χ4v) is 2.60. The highest BCUT2D eigenvalue weighted by Crippen LogP contribution is 2.36. The van der Waals surface area contributed by atoms with Crippen LogP contribution < -0.4 is 0 Å². The van der Waals surface area contributed by atoms with Gasteiger partial charge in [0.25, 0.3) is 0 Å². The van der Waals surface area contributed by atoms with Crippen LogP contribution >= 0.6 is 0 Å². The molecule has 4 nitrogen and oxygen atoms in total. The van der Waals surface area contributed by atoms with E-state index in [1.54, 1.807) is 4.90 Å². The average molecular weight is 225 g/mol. The first-order chi connectivity index (χ1) is 7.38. The largest absolute Gasteiger partial charge is 0.444 e. The van der Waals surface area contributed by atoms with E-state index in [4.69, 9.17) is 4.74 Å². The highest BCUT2D eigenvalue weighted by molar-refractivity contribution is 5.90. The summed E-state index contributed by atoms with van der Waals surface area (Å²) in [5.41, 5.74) is -0.489. The number of ether oxygens (including phenoxy) is 1. The third-order valence-corrected chi connectivity index (χ3v) is 3.24. The molecule has 0 spiro atoms. The minimum absolute atomic E-state index is 0.199. The SMILES string of the molecule is CC(C)(C)OC(=O)N1CC[C@@H]2CCC(=O)[C@@H]21. The number of hydrogen-bond acceptors (Lipinski definition) is 3. The molecule has 1 saturated carbocycles. The van der Waals surface area contributed by atoms with Gasteiger partial charge >= 0.3 is 6.09 Å². The number of likely N-dealkylation sites (tertiary alicyclic amines) is 1. The molecule has 0 aromatic carbocycles. The number of nitrogens with zero attached hydrogens (tertiary/aromatic N) is 1. The maximum atomic E-state index is 11.9. The van der Waals surface area contributed by atoms with Crippen molar-refractivity contribution in [2.24, 2.45) is 5.92 Å². The normalized spacial score (nSPS) is 29.4. The Morgan fingerprint density at radius 3 is 2.69 bits per heavy atom. The first-order valence-corrected chi connectivity index (χ1v) is 5.91. The molecule has 90 valence electrons. The molecule has 0 unspecified atom stereocenters. The third kappa shape index (κ3) is 2.06. The van der Waals surface area contributed by atoms with Gasteiger partial charge in [-0.1, -0.05) is 0 Å². The summed E-state index contributed by atoms with van der Waals surface area (Å²) in [6.45, 7) is 6.19. The lowest BCUT2D eigenvalue weighted by molar-refractivity contribution is -0.121. The summed E-state index contributed by atoms with van der Waals surface area (Å²) in [5, 5.41) is 0. The fraction of sp³-hybridized carbons (Fsp3) is 0.833. The van der Waals surface area contributed by atoms with Crippen LogP contribution in [0, 0.1) is 5.92 Å². The van der Waals surface area contributed by atoms with Gasteiger partial charge in [-0.15, -0.1) is 0 Å². The zero-order chi connectivity index (χ0) is 11.9. The minimum atomic E-state index is -0.489. The second-order valence-corrected chi connectivity index (χ2v) is 5.67. The number of fused-ring (bicyclic) bond motifs is 1.